The molecule has 9 heavy (non-hydrogen) atoms. The molecule has 1 saturated carbocycles. The number of amides is 1. The van der Waals surface area contributed by atoms with Gasteiger partial charge in [0.1, 0.15) is 0 Å². The van der Waals surface area contributed by atoms with Crippen LogP contribution in [0, 0.1) is 5.41 Å². The van der Waals surface area contributed by atoms with Gasteiger partial charge in [0.15, 0.2) is 0 Å². The molecule has 0 bridgehead atoms. The average Bonchev–Trinajstić information content (AvgIpc) is 2.35. The molecule has 0 unspecified atom stereocenters. The number of nitrogens with zero attached hydrogens (tertiary/aromatic N) is 1. The molecule has 50 valence electrons. The van der Waals surface area contributed by atoms with Crippen molar-refractivity contribution in [3.8, 4) is 0 Å². The summed E-state index contributed by atoms with van der Waals surface area (Å²) >= 11 is 0. The Kier molecular flexibility index (Phi) is 0.693. The van der Waals surface area contributed by atoms with Crippen LogP contribution < -0.4 is 0 Å². The maximum atomic E-state index is 10.2. The largest absolute Gasteiger partial charge is 0.465 e. The summed E-state index contributed by atoms with van der Waals surface area (Å²) in [5, 5.41) is 8.42. The second-order valence-corrected chi connectivity index (χ2v) is 3.14. The van der Waals surface area contributed by atoms with Crippen LogP contribution in [0.3, 0.4) is 0 Å². The van der Waals surface area contributed by atoms with Crippen LogP contribution in [-0.4, -0.2) is 29.2 Å². The number of hydrogen-bond donors (Lipinski definition) is 1. The zero-order valence-electron chi connectivity index (χ0n) is 5.13. The van der Waals surface area contributed by atoms with E-state index in [9.17, 15) is 4.79 Å². The van der Waals surface area contributed by atoms with Gasteiger partial charge in [-0.05, 0) is 12.8 Å². The lowest BCUT2D eigenvalue weighted by atomic mass is 9.98. The molecule has 2 rings (SSSR count). The number of carbonyl (C=O) groups is 1. The van der Waals surface area contributed by atoms with Gasteiger partial charge in [0.2, 0.25) is 0 Å². The van der Waals surface area contributed by atoms with E-state index in [1.54, 1.807) is 0 Å². The third-order valence-electron chi connectivity index (χ3n) is 2.28. The van der Waals surface area contributed by atoms with Gasteiger partial charge in [0.25, 0.3) is 0 Å². The molecule has 0 aromatic heterocycles. The molecule has 3 heteroatoms. The Morgan fingerprint density at radius 3 is 2.33 bits per heavy atom. The van der Waals surface area contributed by atoms with Crippen LogP contribution in [0.25, 0.3) is 0 Å². The summed E-state index contributed by atoms with van der Waals surface area (Å²) in [5.74, 6) is 0. The van der Waals surface area contributed by atoms with Crippen molar-refractivity contribution in [2.45, 2.75) is 12.8 Å². The molecule has 1 N–H and O–H groups in total. The van der Waals surface area contributed by atoms with E-state index in [1.807, 2.05) is 0 Å². The smallest absolute Gasteiger partial charge is 0.407 e. The fourth-order valence-corrected chi connectivity index (χ4v) is 1.39. The average molecular weight is 127 g/mol. The number of carboxylic acid groups (broad SMARTS) is 1. The molecule has 2 aliphatic rings. The van der Waals surface area contributed by atoms with Crippen LogP contribution in [0.15, 0.2) is 0 Å². The molecule has 1 aliphatic carbocycles. The Morgan fingerprint density at radius 1 is 1.44 bits per heavy atom. The Hall–Kier alpha value is -0.730. The normalized spacial score (nSPS) is 27.8. The highest BCUT2D eigenvalue weighted by Gasteiger charge is 2.53. The first kappa shape index (κ1) is 5.09. The molecular formula is C6H9NO2. The maximum Gasteiger partial charge on any atom is 0.407 e. The predicted octanol–water partition coefficient (Wildman–Crippen LogP) is 0.760. The lowest BCUT2D eigenvalue weighted by Gasteiger charge is -2.37. The van der Waals surface area contributed by atoms with Crippen molar-refractivity contribution in [3.05, 3.63) is 0 Å². The molecular weight excluding hydrogens is 118 g/mol. The van der Waals surface area contributed by atoms with Gasteiger partial charge in [-0.25, -0.2) is 4.79 Å². The van der Waals surface area contributed by atoms with Gasteiger partial charge in [-0.15, -0.1) is 0 Å². The summed E-state index contributed by atoms with van der Waals surface area (Å²) in [4.78, 5) is 11.7. The molecule has 1 spiro atoms. The van der Waals surface area contributed by atoms with Crippen molar-refractivity contribution in [2.24, 2.45) is 5.41 Å². The lowest BCUT2D eigenvalue weighted by Crippen LogP contribution is -2.50. The van der Waals surface area contributed by atoms with Crippen LogP contribution in [0.1, 0.15) is 12.8 Å². The second-order valence-electron chi connectivity index (χ2n) is 3.14. The van der Waals surface area contributed by atoms with Crippen molar-refractivity contribution in [3.63, 3.8) is 0 Å². The van der Waals surface area contributed by atoms with E-state index >= 15 is 0 Å². The van der Waals surface area contributed by atoms with Crippen LogP contribution in [0.2, 0.25) is 0 Å². The van der Waals surface area contributed by atoms with Gasteiger partial charge in [-0.1, -0.05) is 0 Å². The van der Waals surface area contributed by atoms with Crippen molar-refractivity contribution in [2.75, 3.05) is 13.1 Å². The fraction of sp³-hybridized carbons (Fsp3) is 0.833. The molecule has 1 heterocycles. The molecule has 1 amide bonds. The number of rotatable bonds is 0. The highest BCUT2D eigenvalue weighted by atomic mass is 16.4. The van der Waals surface area contributed by atoms with Gasteiger partial charge in [0, 0.05) is 18.5 Å². The molecule has 0 radical (unpaired) electrons. The monoisotopic (exact) mass is 127 g/mol. The molecule has 0 aromatic rings. The number of likely N-dealkylation sites (tertiary alicyclic amines) is 1. The molecule has 3 nitrogen and oxygen atoms in total. The molecule has 1 aliphatic heterocycles. The van der Waals surface area contributed by atoms with Crippen molar-refractivity contribution >= 4 is 6.09 Å². The van der Waals surface area contributed by atoms with E-state index < -0.39 is 6.09 Å². The van der Waals surface area contributed by atoms with E-state index in [2.05, 4.69) is 0 Å². The topological polar surface area (TPSA) is 40.5 Å². The van der Waals surface area contributed by atoms with Crippen LogP contribution >= 0.6 is 0 Å². The Balaban J connectivity index is 1.90. The minimum absolute atomic E-state index is 0.471. The first-order valence-corrected chi connectivity index (χ1v) is 3.20. The molecule has 1 saturated heterocycles. The minimum atomic E-state index is -0.757. The van der Waals surface area contributed by atoms with Gasteiger partial charge < -0.3 is 10.0 Å². The van der Waals surface area contributed by atoms with Gasteiger partial charge in [-0.2, -0.15) is 0 Å². The van der Waals surface area contributed by atoms with E-state index in [1.165, 1.54) is 17.7 Å². The Bertz CT molecular complexity index is 154. The van der Waals surface area contributed by atoms with E-state index in [-0.39, 0.29) is 0 Å². The van der Waals surface area contributed by atoms with E-state index in [0.717, 1.165) is 13.1 Å². The summed E-state index contributed by atoms with van der Waals surface area (Å²) in [5.41, 5.74) is 0.471. The number of hydrogen-bond acceptors (Lipinski definition) is 1. The second kappa shape index (κ2) is 1.23. The zero-order valence-corrected chi connectivity index (χ0v) is 5.13. The third-order valence-corrected chi connectivity index (χ3v) is 2.28. The Labute approximate surface area is 53.3 Å². The molecule has 0 atom stereocenters. The summed E-state index contributed by atoms with van der Waals surface area (Å²) < 4.78 is 0. The van der Waals surface area contributed by atoms with E-state index in [4.69, 9.17) is 5.11 Å². The predicted molar refractivity (Wildman–Crippen MR) is 31.3 cm³/mol. The van der Waals surface area contributed by atoms with Crippen molar-refractivity contribution in [1.29, 1.82) is 0 Å². The first-order chi connectivity index (χ1) is 4.22. The Morgan fingerprint density at radius 2 is 2.00 bits per heavy atom. The van der Waals surface area contributed by atoms with Crippen LogP contribution in [0.5, 0.6) is 0 Å². The molecule has 2 fully saturated rings. The molecule has 0 aromatic carbocycles. The quantitative estimate of drug-likeness (QED) is 0.522. The zero-order chi connectivity index (χ0) is 6.48. The summed E-state index contributed by atoms with van der Waals surface area (Å²) in [6.07, 6.45) is 1.74. The van der Waals surface area contributed by atoms with Crippen LogP contribution in [-0.2, 0) is 0 Å². The lowest BCUT2D eigenvalue weighted by molar-refractivity contribution is 0.0705. The standard InChI is InChI=1S/C6H9NO2/c8-5(9)7-3-6(4-7)1-2-6/h1-4H2,(H,8,9). The minimum Gasteiger partial charge on any atom is -0.465 e. The van der Waals surface area contributed by atoms with Crippen LogP contribution in [0.4, 0.5) is 4.79 Å². The summed E-state index contributed by atoms with van der Waals surface area (Å²) in [6, 6.07) is 0. The van der Waals surface area contributed by atoms with Crippen molar-refractivity contribution < 1.29 is 9.90 Å². The highest BCUT2D eigenvalue weighted by molar-refractivity contribution is 5.66. The van der Waals surface area contributed by atoms with Gasteiger partial charge in [0.05, 0.1) is 0 Å². The van der Waals surface area contributed by atoms with Gasteiger partial charge in [-0.3, -0.25) is 0 Å². The van der Waals surface area contributed by atoms with Crippen molar-refractivity contribution in [1.82, 2.24) is 4.90 Å². The first-order valence-electron chi connectivity index (χ1n) is 3.20. The summed E-state index contributed by atoms with van der Waals surface area (Å²) in [6.45, 7) is 1.59. The highest BCUT2D eigenvalue weighted by Crippen LogP contribution is 2.52. The van der Waals surface area contributed by atoms with Gasteiger partial charge >= 0.3 is 6.09 Å². The van der Waals surface area contributed by atoms with E-state index in [0.29, 0.717) is 5.41 Å². The third kappa shape index (κ3) is 0.605. The fourth-order valence-electron chi connectivity index (χ4n) is 1.39. The summed E-state index contributed by atoms with van der Waals surface area (Å²) in [7, 11) is 0. The maximum absolute atomic E-state index is 10.2. The SMILES string of the molecule is O=C(O)N1CC2(CC2)C1.